The molecule has 0 fully saturated rings. The predicted molar refractivity (Wildman–Crippen MR) is 85.8 cm³/mol. The molecule has 0 atom stereocenters. The molecule has 2 rings (SSSR count). The molecule has 3 N–H and O–H groups in total. The molecule has 5 nitrogen and oxygen atoms in total. The first-order valence-electron chi connectivity index (χ1n) is 6.34. The minimum atomic E-state index is -0.0166. The second kappa shape index (κ2) is 6.09. The number of aromatic nitrogens is 1. The van der Waals surface area contributed by atoms with Crippen molar-refractivity contribution in [3.63, 3.8) is 0 Å². The monoisotopic (exact) mass is 336 g/mol. The van der Waals surface area contributed by atoms with Gasteiger partial charge in [-0.1, -0.05) is 0 Å². The van der Waals surface area contributed by atoms with Gasteiger partial charge in [-0.2, -0.15) is 0 Å². The smallest absolute Gasteiger partial charge is 0.239 e. The highest BCUT2D eigenvalue weighted by Gasteiger charge is 2.12. The van der Waals surface area contributed by atoms with E-state index in [1.165, 1.54) is 0 Å². The lowest BCUT2D eigenvalue weighted by Crippen LogP contribution is -2.35. The van der Waals surface area contributed by atoms with Crippen LogP contribution in [0.2, 0.25) is 0 Å². The van der Waals surface area contributed by atoms with Crippen molar-refractivity contribution in [3.05, 3.63) is 28.9 Å². The average molecular weight is 337 g/mol. The number of hydrogen-bond donors (Lipinski definition) is 2. The van der Waals surface area contributed by atoms with Gasteiger partial charge in [0.05, 0.1) is 17.7 Å². The van der Waals surface area contributed by atoms with E-state index in [0.29, 0.717) is 12.2 Å². The fraction of sp³-hybridized carbons (Fsp3) is 0.286. The fourth-order valence-electron chi connectivity index (χ4n) is 2.06. The maximum atomic E-state index is 11.7. The van der Waals surface area contributed by atoms with Gasteiger partial charge in [0.2, 0.25) is 5.91 Å². The molecule has 0 bridgehead atoms. The van der Waals surface area contributed by atoms with Crippen LogP contribution in [0.15, 0.2) is 28.9 Å². The number of anilines is 2. The summed E-state index contributed by atoms with van der Waals surface area (Å²) in [4.78, 5) is 18.0. The molecular formula is C14H17BrN4O. The number of nitrogen functional groups attached to an aromatic ring is 1. The third-order valence-corrected chi connectivity index (χ3v) is 3.43. The van der Waals surface area contributed by atoms with Crippen molar-refractivity contribution in [1.29, 1.82) is 0 Å². The van der Waals surface area contributed by atoms with E-state index in [9.17, 15) is 4.79 Å². The molecule has 1 aromatic heterocycles. The maximum absolute atomic E-state index is 11.7. The highest BCUT2D eigenvalue weighted by Crippen LogP contribution is 2.30. The van der Waals surface area contributed by atoms with Crippen LogP contribution in [-0.2, 0) is 4.79 Å². The van der Waals surface area contributed by atoms with E-state index in [1.807, 2.05) is 37.1 Å². The van der Waals surface area contributed by atoms with Crippen molar-refractivity contribution < 1.29 is 4.79 Å². The van der Waals surface area contributed by atoms with Crippen molar-refractivity contribution in [1.82, 2.24) is 10.3 Å². The van der Waals surface area contributed by atoms with Crippen molar-refractivity contribution in [2.24, 2.45) is 0 Å². The number of fused-ring (bicyclic) bond motifs is 1. The SMILES string of the molecule is CCNC(=O)CN(C)c1ccc(N)c2cc(Br)cnc12. The Morgan fingerprint density at radius 1 is 1.50 bits per heavy atom. The van der Waals surface area contributed by atoms with Crippen LogP contribution in [0, 0.1) is 0 Å². The first-order chi connectivity index (χ1) is 9.52. The lowest BCUT2D eigenvalue weighted by Gasteiger charge is -2.20. The van der Waals surface area contributed by atoms with E-state index in [4.69, 9.17) is 5.73 Å². The summed E-state index contributed by atoms with van der Waals surface area (Å²) >= 11 is 3.39. The van der Waals surface area contributed by atoms with Gasteiger partial charge in [-0.3, -0.25) is 9.78 Å². The minimum absolute atomic E-state index is 0.0166. The molecule has 6 heteroatoms. The van der Waals surface area contributed by atoms with Crippen molar-refractivity contribution in [2.75, 3.05) is 30.8 Å². The molecule has 0 aliphatic heterocycles. The molecule has 0 spiro atoms. The van der Waals surface area contributed by atoms with E-state index in [1.54, 1.807) is 6.20 Å². The number of carbonyl (C=O) groups excluding carboxylic acids is 1. The first-order valence-corrected chi connectivity index (χ1v) is 7.13. The van der Waals surface area contributed by atoms with Crippen LogP contribution < -0.4 is 16.0 Å². The zero-order valence-corrected chi connectivity index (χ0v) is 13.1. The third kappa shape index (κ3) is 3.01. The summed E-state index contributed by atoms with van der Waals surface area (Å²) in [5.41, 5.74) is 8.33. The molecule has 0 radical (unpaired) electrons. The van der Waals surface area contributed by atoms with Gasteiger partial charge >= 0.3 is 0 Å². The lowest BCUT2D eigenvalue weighted by molar-refractivity contribution is -0.119. The van der Waals surface area contributed by atoms with Crippen LogP contribution >= 0.6 is 15.9 Å². The number of carbonyl (C=O) groups is 1. The largest absolute Gasteiger partial charge is 0.398 e. The Labute approximate surface area is 126 Å². The molecule has 0 unspecified atom stereocenters. The Hall–Kier alpha value is -1.82. The molecule has 0 saturated carbocycles. The van der Waals surface area contributed by atoms with Gasteiger partial charge < -0.3 is 16.0 Å². The highest BCUT2D eigenvalue weighted by atomic mass is 79.9. The molecule has 0 aliphatic rings. The number of nitrogens with one attached hydrogen (secondary N) is 1. The zero-order valence-electron chi connectivity index (χ0n) is 11.5. The van der Waals surface area contributed by atoms with Crippen LogP contribution in [-0.4, -0.2) is 31.0 Å². The third-order valence-electron chi connectivity index (χ3n) is 2.99. The number of rotatable bonds is 4. The quantitative estimate of drug-likeness (QED) is 0.839. The molecule has 0 saturated heterocycles. The lowest BCUT2D eigenvalue weighted by atomic mass is 10.1. The fourth-order valence-corrected chi connectivity index (χ4v) is 2.39. The van der Waals surface area contributed by atoms with Crippen LogP contribution in [0.4, 0.5) is 11.4 Å². The first kappa shape index (κ1) is 14.6. The van der Waals surface area contributed by atoms with E-state index in [2.05, 4.69) is 26.2 Å². The number of pyridine rings is 1. The number of halogens is 1. The molecule has 0 aliphatic carbocycles. The van der Waals surface area contributed by atoms with E-state index < -0.39 is 0 Å². The van der Waals surface area contributed by atoms with Crippen LogP contribution in [0.5, 0.6) is 0 Å². The molecular weight excluding hydrogens is 320 g/mol. The van der Waals surface area contributed by atoms with E-state index in [-0.39, 0.29) is 12.5 Å². The summed E-state index contributed by atoms with van der Waals surface area (Å²) in [5.74, 6) is -0.0166. The molecule has 1 heterocycles. The number of likely N-dealkylation sites (N-methyl/N-ethyl adjacent to an activating group) is 2. The summed E-state index contributed by atoms with van der Waals surface area (Å²) in [6, 6.07) is 5.65. The topological polar surface area (TPSA) is 71.2 Å². The Bertz CT molecular complexity index is 644. The number of hydrogen-bond acceptors (Lipinski definition) is 4. The summed E-state index contributed by atoms with van der Waals surface area (Å²) in [6.45, 7) is 2.81. The van der Waals surface area contributed by atoms with Crippen LogP contribution in [0.25, 0.3) is 10.9 Å². The number of nitrogens with two attached hydrogens (primary N) is 1. The van der Waals surface area contributed by atoms with E-state index in [0.717, 1.165) is 21.1 Å². The number of amides is 1. The standard InChI is InChI=1S/C14H17BrN4O/c1-3-17-13(20)8-19(2)12-5-4-11(16)10-6-9(15)7-18-14(10)12/h4-7H,3,8,16H2,1-2H3,(H,17,20). The number of nitrogens with zero attached hydrogens (tertiary/aromatic N) is 2. The van der Waals surface area contributed by atoms with Gasteiger partial charge in [0, 0.05) is 35.3 Å². The van der Waals surface area contributed by atoms with Gasteiger partial charge in [-0.25, -0.2) is 0 Å². The second-order valence-electron chi connectivity index (χ2n) is 4.53. The number of benzene rings is 1. The molecule has 1 aromatic carbocycles. The van der Waals surface area contributed by atoms with Crippen LogP contribution in [0.1, 0.15) is 6.92 Å². The zero-order chi connectivity index (χ0) is 14.7. The van der Waals surface area contributed by atoms with Gasteiger partial charge in [0.25, 0.3) is 0 Å². The Morgan fingerprint density at radius 3 is 2.95 bits per heavy atom. The van der Waals surface area contributed by atoms with Crippen molar-refractivity contribution in [2.45, 2.75) is 6.92 Å². The van der Waals surface area contributed by atoms with Gasteiger partial charge in [-0.05, 0) is 41.1 Å². The molecule has 20 heavy (non-hydrogen) atoms. The van der Waals surface area contributed by atoms with Gasteiger partial charge in [0.1, 0.15) is 0 Å². The van der Waals surface area contributed by atoms with E-state index >= 15 is 0 Å². The van der Waals surface area contributed by atoms with Gasteiger partial charge in [0.15, 0.2) is 0 Å². The van der Waals surface area contributed by atoms with Crippen molar-refractivity contribution in [3.8, 4) is 0 Å². The minimum Gasteiger partial charge on any atom is -0.398 e. The molecule has 2 aromatic rings. The summed E-state index contributed by atoms with van der Waals surface area (Å²) in [7, 11) is 1.87. The highest BCUT2D eigenvalue weighted by molar-refractivity contribution is 9.10. The normalized spacial score (nSPS) is 10.6. The maximum Gasteiger partial charge on any atom is 0.239 e. The summed E-state index contributed by atoms with van der Waals surface area (Å²) in [6.07, 6.45) is 1.73. The molecule has 1 amide bonds. The molecule has 106 valence electrons. The Morgan fingerprint density at radius 2 is 2.25 bits per heavy atom. The van der Waals surface area contributed by atoms with Crippen LogP contribution in [0.3, 0.4) is 0 Å². The Balaban J connectivity index is 2.39. The second-order valence-corrected chi connectivity index (χ2v) is 5.45. The Kier molecular flexibility index (Phi) is 4.44. The average Bonchev–Trinajstić information content (AvgIpc) is 2.39. The van der Waals surface area contributed by atoms with Gasteiger partial charge in [-0.15, -0.1) is 0 Å². The summed E-state index contributed by atoms with van der Waals surface area (Å²) in [5, 5.41) is 3.66. The predicted octanol–water partition coefficient (Wildman–Crippen LogP) is 2.15. The van der Waals surface area contributed by atoms with Crippen molar-refractivity contribution >= 4 is 44.1 Å². The summed E-state index contributed by atoms with van der Waals surface area (Å²) < 4.78 is 0.875.